The Morgan fingerprint density at radius 3 is 2.65 bits per heavy atom. The Morgan fingerprint density at radius 1 is 1.47 bits per heavy atom. The molecule has 0 aromatic heterocycles. The molecule has 0 saturated carbocycles. The number of phenolic OH excluding ortho intramolecular Hbond substituents is 1. The highest BCUT2D eigenvalue weighted by atomic mass is 35.5. The van der Waals surface area contributed by atoms with Gasteiger partial charge in [0.2, 0.25) is 0 Å². The van der Waals surface area contributed by atoms with Crippen molar-refractivity contribution in [3.63, 3.8) is 0 Å². The lowest BCUT2D eigenvalue weighted by atomic mass is 10.0. The van der Waals surface area contributed by atoms with Crippen molar-refractivity contribution in [2.24, 2.45) is 0 Å². The molecular weight excluding hydrogens is 244 g/mol. The number of carbonyl (C=O) groups excluding carboxylic acids is 2. The third-order valence-corrected chi connectivity index (χ3v) is 2.35. The number of aromatic hydroxyl groups is 1. The zero-order valence-electron chi connectivity index (χ0n) is 9.57. The Labute approximate surface area is 104 Å². The Balaban J connectivity index is 3.26. The lowest BCUT2D eigenvalue weighted by molar-refractivity contribution is 0.0519. The fraction of sp³-hybridized carbons (Fsp3) is 0.333. The molecule has 1 rings (SSSR count). The average Bonchev–Trinajstić information content (AvgIpc) is 2.27. The number of Topliss-reactive ketones (excluding diaryl/α,β-unsaturated/α-hetero) is 1. The molecule has 0 amide bonds. The highest BCUT2D eigenvalue weighted by Gasteiger charge is 2.24. The number of phenols is 1. The number of ether oxygens (including phenoxy) is 1. The molecule has 1 aromatic rings. The third kappa shape index (κ3) is 2.97. The molecule has 1 atom stereocenters. The fourth-order valence-corrected chi connectivity index (χ4v) is 1.50. The number of alkyl halides is 1. The quantitative estimate of drug-likeness (QED) is 0.510. The summed E-state index contributed by atoms with van der Waals surface area (Å²) in [5.74, 6) is -1.44. The predicted octanol–water partition coefficient (Wildman–Crippen LogP) is 2.38. The maximum Gasteiger partial charge on any atom is 0.342 e. The SMILES string of the molecule is CCOC(=O)c1c(O)cccc1C(=O)C(C)Cl. The summed E-state index contributed by atoms with van der Waals surface area (Å²) >= 11 is 5.69. The van der Waals surface area contributed by atoms with Gasteiger partial charge < -0.3 is 9.84 Å². The van der Waals surface area contributed by atoms with Crippen molar-refractivity contribution in [2.75, 3.05) is 6.61 Å². The van der Waals surface area contributed by atoms with Crippen LogP contribution in [0.15, 0.2) is 18.2 Å². The third-order valence-electron chi connectivity index (χ3n) is 2.15. The smallest absolute Gasteiger partial charge is 0.342 e. The van der Waals surface area contributed by atoms with Gasteiger partial charge in [0.05, 0.1) is 12.0 Å². The molecule has 5 heteroatoms. The topological polar surface area (TPSA) is 63.6 Å². The number of hydrogen-bond donors (Lipinski definition) is 1. The van der Waals surface area contributed by atoms with Gasteiger partial charge >= 0.3 is 5.97 Å². The van der Waals surface area contributed by atoms with Crippen LogP contribution in [-0.2, 0) is 4.74 Å². The molecule has 4 nitrogen and oxygen atoms in total. The van der Waals surface area contributed by atoms with E-state index in [2.05, 4.69) is 0 Å². The van der Waals surface area contributed by atoms with Crippen LogP contribution in [0.1, 0.15) is 34.6 Å². The van der Waals surface area contributed by atoms with Gasteiger partial charge in [-0.05, 0) is 19.9 Å². The lowest BCUT2D eigenvalue weighted by Gasteiger charge is -2.10. The van der Waals surface area contributed by atoms with Gasteiger partial charge in [-0.15, -0.1) is 11.6 Å². The molecule has 0 bridgehead atoms. The Hall–Kier alpha value is -1.55. The Kier molecular flexibility index (Phi) is 4.52. The van der Waals surface area contributed by atoms with Gasteiger partial charge in [0, 0.05) is 5.56 Å². The van der Waals surface area contributed by atoms with E-state index in [1.54, 1.807) is 6.92 Å². The molecule has 1 aromatic carbocycles. The number of carbonyl (C=O) groups is 2. The molecular formula is C12H13ClO4. The molecule has 17 heavy (non-hydrogen) atoms. The monoisotopic (exact) mass is 256 g/mol. The normalized spacial score (nSPS) is 11.9. The first-order valence-electron chi connectivity index (χ1n) is 5.16. The van der Waals surface area contributed by atoms with E-state index in [4.69, 9.17) is 16.3 Å². The fourth-order valence-electron chi connectivity index (χ4n) is 1.38. The molecule has 0 radical (unpaired) electrons. The zero-order valence-corrected chi connectivity index (χ0v) is 10.3. The number of ketones is 1. The van der Waals surface area contributed by atoms with Gasteiger partial charge in [-0.25, -0.2) is 4.79 Å². The van der Waals surface area contributed by atoms with Crippen LogP contribution in [0.3, 0.4) is 0 Å². The molecule has 1 unspecified atom stereocenters. The van der Waals surface area contributed by atoms with Crippen molar-refractivity contribution >= 4 is 23.4 Å². The maximum absolute atomic E-state index is 11.8. The van der Waals surface area contributed by atoms with Crippen LogP contribution >= 0.6 is 11.6 Å². The first-order valence-corrected chi connectivity index (χ1v) is 5.60. The molecule has 0 aliphatic carbocycles. The second-order valence-corrected chi connectivity index (χ2v) is 4.06. The van der Waals surface area contributed by atoms with E-state index in [1.165, 1.54) is 25.1 Å². The van der Waals surface area contributed by atoms with Gasteiger partial charge in [-0.2, -0.15) is 0 Å². The summed E-state index contributed by atoms with van der Waals surface area (Å²) in [5, 5.41) is 8.85. The van der Waals surface area contributed by atoms with Crippen LogP contribution in [0.25, 0.3) is 0 Å². The maximum atomic E-state index is 11.8. The highest BCUT2D eigenvalue weighted by Crippen LogP contribution is 2.24. The molecule has 0 saturated heterocycles. The summed E-state index contributed by atoms with van der Waals surface area (Å²) in [6.45, 7) is 3.31. The first kappa shape index (κ1) is 13.5. The first-order chi connectivity index (χ1) is 7.99. The second kappa shape index (κ2) is 5.68. The summed E-state index contributed by atoms with van der Waals surface area (Å²) in [4.78, 5) is 23.4. The molecule has 1 N–H and O–H groups in total. The number of esters is 1. The lowest BCUT2D eigenvalue weighted by Crippen LogP contribution is -2.17. The van der Waals surface area contributed by atoms with E-state index >= 15 is 0 Å². The van der Waals surface area contributed by atoms with E-state index in [9.17, 15) is 14.7 Å². The standard InChI is InChI=1S/C12H13ClO4/c1-3-17-12(16)10-8(11(15)7(2)13)5-4-6-9(10)14/h4-7,14H,3H2,1-2H3. The van der Waals surface area contributed by atoms with Gasteiger partial charge in [0.25, 0.3) is 0 Å². The van der Waals surface area contributed by atoms with Crippen LogP contribution in [0.5, 0.6) is 5.75 Å². The number of halogens is 1. The van der Waals surface area contributed by atoms with Crippen LogP contribution in [-0.4, -0.2) is 28.8 Å². The second-order valence-electron chi connectivity index (χ2n) is 3.40. The predicted molar refractivity (Wildman–Crippen MR) is 63.7 cm³/mol. The van der Waals surface area contributed by atoms with Crippen molar-refractivity contribution in [1.29, 1.82) is 0 Å². The van der Waals surface area contributed by atoms with E-state index < -0.39 is 17.1 Å². The summed E-state index contributed by atoms with van der Waals surface area (Å²) in [6, 6.07) is 4.24. The van der Waals surface area contributed by atoms with Gasteiger partial charge in [-0.1, -0.05) is 12.1 Å². The van der Waals surface area contributed by atoms with E-state index in [0.717, 1.165) is 0 Å². The molecule has 0 fully saturated rings. The summed E-state index contributed by atoms with van der Waals surface area (Å²) < 4.78 is 4.79. The van der Waals surface area contributed by atoms with Crippen LogP contribution in [0.4, 0.5) is 0 Å². The average molecular weight is 257 g/mol. The zero-order chi connectivity index (χ0) is 13.0. The van der Waals surface area contributed by atoms with Crippen molar-refractivity contribution in [3.05, 3.63) is 29.3 Å². The van der Waals surface area contributed by atoms with Crippen LogP contribution < -0.4 is 0 Å². The minimum atomic E-state index is -0.773. The van der Waals surface area contributed by atoms with Crippen molar-refractivity contribution < 1.29 is 19.4 Å². The Bertz CT molecular complexity index is 440. The van der Waals surface area contributed by atoms with E-state index in [1.807, 2.05) is 0 Å². The summed E-state index contributed by atoms with van der Waals surface area (Å²) in [5.41, 5.74) is -0.0576. The molecule has 0 spiro atoms. The molecule has 0 aliphatic heterocycles. The minimum absolute atomic E-state index is 0.0750. The molecule has 0 heterocycles. The van der Waals surface area contributed by atoms with Crippen molar-refractivity contribution in [2.45, 2.75) is 19.2 Å². The van der Waals surface area contributed by atoms with Gasteiger partial charge in [0.15, 0.2) is 5.78 Å². The molecule has 92 valence electrons. The van der Waals surface area contributed by atoms with E-state index in [0.29, 0.717) is 0 Å². The Morgan fingerprint density at radius 2 is 2.12 bits per heavy atom. The van der Waals surface area contributed by atoms with Crippen molar-refractivity contribution in [1.82, 2.24) is 0 Å². The number of hydrogen-bond acceptors (Lipinski definition) is 4. The summed E-state index contributed by atoms with van der Waals surface area (Å²) in [6.07, 6.45) is 0. The van der Waals surface area contributed by atoms with Gasteiger partial charge in [-0.3, -0.25) is 4.79 Å². The number of rotatable bonds is 4. The molecule has 0 aliphatic rings. The highest BCUT2D eigenvalue weighted by molar-refractivity contribution is 6.34. The minimum Gasteiger partial charge on any atom is -0.507 e. The van der Waals surface area contributed by atoms with Gasteiger partial charge in [0.1, 0.15) is 11.3 Å². The largest absolute Gasteiger partial charge is 0.507 e. The van der Waals surface area contributed by atoms with Crippen LogP contribution in [0.2, 0.25) is 0 Å². The van der Waals surface area contributed by atoms with Crippen molar-refractivity contribution in [3.8, 4) is 5.75 Å². The number of benzene rings is 1. The van der Waals surface area contributed by atoms with Crippen LogP contribution in [0, 0.1) is 0 Å². The van der Waals surface area contributed by atoms with E-state index in [-0.39, 0.29) is 23.5 Å². The summed E-state index contributed by atoms with van der Waals surface area (Å²) in [7, 11) is 0.